The summed E-state index contributed by atoms with van der Waals surface area (Å²) in [7, 11) is 0. The molecule has 0 N–H and O–H groups in total. The van der Waals surface area contributed by atoms with Gasteiger partial charge in [-0.05, 0) is 73.4 Å². The maximum atomic E-state index is 14.5. The van der Waals surface area contributed by atoms with E-state index in [0.29, 0.717) is 6.54 Å². The highest BCUT2D eigenvalue weighted by Crippen LogP contribution is 2.47. The zero-order chi connectivity index (χ0) is 37.7. The summed E-state index contributed by atoms with van der Waals surface area (Å²) in [5.41, 5.74) is 9.11. The van der Waals surface area contributed by atoms with E-state index in [1.807, 2.05) is 16.7 Å². The van der Waals surface area contributed by atoms with Crippen LogP contribution in [0.15, 0.2) is 160 Å². The molecule has 7 heteroatoms. The molecule has 0 radical (unpaired) electrons. The molecule has 7 aromatic rings. The van der Waals surface area contributed by atoms with Gasteiger partial charge in [0.2, 0.25) is 5.69 Å². The molecule has 1 aliphatic rings. The summed E-state index contributed by atoms with van der Waals surface area (Å²) in [5, 5.41) is 2.23. The first-order valence-electron chi connectivity index (χ1n) is 18.8. The number of thioether (sulfide) groups is 1. The number of allylic oxidation sites excluding steroid dienone is 1. The quantitative estimate of drug-likeness (QED) is 0.102. The third-order valence-corrected chi connectivity index (χ3v) is 13.2. The lowest BCUT2D eigenvalue weighted by Crippen LogP contribution is -2.37. The number of nitrogens with zero attached hydrogens (tertiary/aromatic N) is 3. The highest BCUT2D eigenvalue weighted by Gasteiger charge is 2.28. The standard InChI is InChI=1S/C48H42N3OS3/c1-4-49-40-30-29-35(28-27-34-19-11-7-12-20-34)31-41(40)53-42(49)32-39(36-21-13-8-14-22-36)47-48(52)51(6-3)44(55-47)33-43-50(5-2)45(37-23-15-9-16-24-37)46(54-43)38-25-17-10-18-26-38/h7-33H,4-6H2,1-3H3/q+1/b28-27+,42-32?,47-39?. The average molecular weight is 773 g/mol. The Morgan fingerprint density at radius 3 is 1.98 bits per heavy atom. The fraction of sp³-hybridized carbons (Fsp3) is 0.125. The molecule has 0 unspecified atom stereocenters. The van der Waals surface area contributed by atoms with E-state index in [0.717, 1.165) is 49.0 Å². The lowest BCUT2D eigenvalue weighted by molar-refractivity contribution is -0.679. The fourth-order valence-corrected chi connectivity index (χ4v) is 10.8. The molecule has 0 aliphatic carbocycles. The van der Waals surface area contributed by atoms with Gasteiger partial charge in [-0.25, -0.2) is 0 Å². The molecular weight excluding hydrogens is 731 g/mol. The number of anilines is 1. The van der Waals surface area contributed by atoms with Crippen LogP contribution in [0, 0.1) is 0 Å². The number of fused-ring (bicyclic) bond motifs is 1. The van der Waals surface area contributed by atoms with E-state index in [4.69, 9.17) is 0 Å². The summed E-state index contributed by atoms with van der Waals surface area (Å²) in [5.74, 6) is 0. The van der Waals surface area contributed by atoms with Crippen molar-refractivity contribution in [2.24, 2.45) is 0 Å². The Balaban J connectivity index is 1.28. The molecule has 3 heterocycles. The summed E-state index contributed by atoms with van der Waals surface area (Å²) in [6.07, 6.45) is 8.79. The summed E-state index contributed by atoms with van der Waals surface area (Å²) < 4.78 is 6.02. The molecule has 1 aliphatic heterocycles. The summed E-state index contributed by atoms with van der Waals surface area (Å²) in [6.45, 7) is 8.65. The van der Waals surface area contributed by atoms with Gasteiger partial charge in [-0.2, -0.15) is 4.57 Å². The Morgan fingerprint density at radius 2 is 1.33 bits per heavy atom. The van der Waals surface area contributed by atoms with E-state index in [1.165, 1.54) is 37.8 Å². The van der Waals surface area contributed by atoms with E-state index < -0.39 is 0 Å². The zero-order valence-corrected chi connectivity index (χ0v) is 33.6. The molecule has 0 amide bonds. The van der Waals surface area contributed by atoms with E-state index in [-0.39, 0.29) is 5.56 Å². The van der Waals surface area contributed by atoms with Crippen LogP contribution in [-0.4, -0.2) is 11.1 Å². The molecule has 8 rings (SSSR count). The van der Waals surface area contributed by atoms with E-state index in [1.54, 1.807) is 34.4 Å². The van der Waals surface area contributed by atoms with Gasteiger partial charge in [0.15, 0.2) is 0 Å². The van der Waals surface area contributed by atoms with Gasteiger partial charge in [0.25, 0.3) is 10.6 Å². The second kappa shape index (κ2) is 16.5. The molecule has 272 valence electrons. The number of hydrogen-bond acceptors (Lipinski definition) is 5. The summed E-state index contributed by atoms with van der Waals surface area (Å²) >= 11 is 5.14. The predicted molar refractivity (Wildman–Crippen MR) is 236 cm³/mol. The zero-order valence-electron chi connectivity index (χ0n) is 31.2. The van der Waals surface area contributed by atoms with Crippen molar-refractivity contribution in [2.75, 3.05) is 11.4 Å². The third kappa shape index (κ3) is 7.48. The first-order valence-corrected chi connectivity index (χ1v) is 21.2. The normalized spacial score (nSPS) is 14.3. The average Bonchev–Trinajstić information content (AvgIpc) is 3.89. The molecule has 0 saturated carbocycles. The fourth-order valence-electron chi connectivity index (χ4n) is 7.08. The van der Waals surface area contributed by atoms with Gasteiger partial charge in [0.1, 0.15) is 20.6 Å². The molecule has 0 saturated heterocycles. The molecule has 5 aromatic carbocycles. The van der Waals surface area contributed by atoms with Crippen molar-refractivity contribution in [3.8, 4) is 21.7 Å². The summed E-state index contributed by atoms with van der Waals surface area (Å²) in [6, 6.07) is 48.7. The van der Waals surface area contributed by atoms with Gasteiger partial charge >= 0.3 is 0 Å². The minimum atomic E-state index is 0.0394. The molecule has 0 bridgehead atoms. The second-order valence-corrected chi connectivity index (χ2v) is 16.3. The highest BCUT2D eigenvalue weighted by molar-refractivity contribution is 8.03. The number of hydrogen-bond donors (Lipinski definition) is 0. The van der Waals surface area contributed by atoms with Crippen LogP contribution in [0.4, 0.5) is 5.69 Å². The van der Waals surface area contributed by atoms with Crippen LogP contribution < -0.4 is 24.2 Å². The van der Waals surface area contributed by atoms with Gasteiger partial charge in [-0.1, -0.05) is 151 Å². The Morgan fingerprint density at radius 1 is 0.691 bits per heavy atom. The van der Waals surface area contributed by atoms with Gasteiger partial charge in [0, 0.05) is 29.1 Å². The van der Waals surface area contributed by atoms with E-state index in [2.05, 4.69) is 182 Å². The van der Waals surface area contributed by atoms with Crippen LogP contribution in [-0.2, 0) is 13.1 Å². The molecule has 0 fully saturated rings. The second-order valence-electron chi connectivity index (χ2n) is 13.1. The maximum absolute atomic E-state index is 14.5. The van der Waals surface area contributed by atoms with Crippen LogP contribution in [0.2, 0.25) is 0 Å². The third-order valence-electron chi connectivity index (χ3n) is 9.77. The smallest absolute Gasteiger partial charge is 0.269 e. The van der Waals surface area contributed by atoms with E-state index in [9.17, 15) is 4.79 Å². The number of rotatable bonds is 10. The van der Waals surface area contributed by atoms with Crippen molar-refractivity contribution in [3.63, 3.8) is 0 Å². The Bertz CT molecular complexity index is 2690. The molecule has 0 atom stereocenters. The number of aromatic nitrogens is 2. The van der Waals surface area contributed by atoms with Gasteiger partial charge in [-0.3, -0.25) is 9.36 Å². The minimum Gasteiger partial charge on any atom is -0.335 e. The van der Waals surface area contributed by atoms with Crippen LogP contribution in [0.5, 0.6) is 0 Å². The minimum absolute atomic E-state index is 0.0394. The van der Waals surface area contributed by atoms with Crippen molar-refractivity contribution in [2.45, 2.75) is 38.8 Å². The molecule has 0 spiro atoms. The Labute approximate surface area is 335 Å². The predicted octanol–water partition coefficient (Wildman–Crippen LogP) is 10.3. The molecule has 2 aromatic heterocycles. The lowest BCUT2D eigenvalue weighted by atomic mass is 10.1. The molecule has 55 heavy (non-hydrogen) atoms. The van der Waals surface area contributed by atoms with Crippen molar-refractivity contribution >= 4 is 63.9 Å². The van der Waals surface area contributed by atoms with Gasteiger partial charge in [-0.15, -0.1) is 11.3 Å². The highest BCUT2D eigenvalue weighted by atomic mass is 32.2. The number of thiazole rings is 2. The van der Waals surface area contributed by atoms with Crippen molar-refractivity contribution in [3.05, 3.63) is 192 Å². The monoisotopic (exact) mass is 772 g/mol. The lowest BCUT2D eigenvalue weighted by Gasteiger charge is -2.18. The van der Waals surface area contributed by atoms with E-state index >= 15 is 0 Å². The van der Waals surface area contributed by atoms with Crippen molar-refractivity contribution in [1.29, 1.82) is 0 Å². The first-order chi connectivity index (χ1) is 27.1. The maximum Gasteiger partial charge on any atom is 0.269 e. The SMILES string of the molecule is CCN1C(=CC(c2ccccc2)=c2s/c(=C/c3sc(-c4ccccc4)c(-c4ccccc4)[n+]3CC)n(CC)c2=O)Sc2cc(/C=C/c3ccccc3)ccc21. The van der Waals surface area contributed by atoms with Crippen molar-refractivity contribution < 1.29 is 4.57 Å². The van der Waals surface area contributed by atoms with Crippen molar-refractivity contribution in [1.82, 2.24) is 4.57 Å². The summed E-state index contributed by atoms with van der Waals surface area (Å²) in [4.78, 5) is 19.3. The van der Waals surface area contributed by atoms with Crippen LogP contribution in [0.1, 0.15) is 42.5 Å². The van der Waals surface area contributed by atoms with Crippen LogP contribution >= 0.6 is 34.4 Å². The topological polar surface area (TPSA) is 29.1 Å². The molecule has 4 nitrogen and oxygen atoms in total. The van der Waals surface area contributed by atoms with Crippen LogP contribution in [0.3, 0.4) is 0 Å². The number of benzene rings is 5. The Kier molecular flexibility index (Phi) is 10.9. The molecular formula is C48H42N3OS3+. The van der Waals surface area contributed by atoms with Crippen LogP contribution in [0.25, 0.3) is 45.5 Å². The largest absolute Gasteiger partial charge is 0.335 e. The first kappa shape index (κ1) is 36.5. The Hall–Kier alpha value is -5.47. The van der Waals surface area contributed by atoms with Gasteiger partial charge in [0.05, 0.1) is 16.8 Å². The van der Waals surface area contributed by atoms with Gasteiger partial charge < -0.3 is 4.90 Å².